The molecule has 0 saturated heterocycles. The van der Waals surface area contributed by atoms with Gasteiger partial charge in [-0.25, -0.2) is 9.97 Å². The summed E-state index contributed by atoms with van der Waals surface area (Å²) >= 11 is 5.52. The molecule has 0 aliphatic rings. The number of rotatable bonds is 3. The van der Waals surface area contributed by atoms with Gasteiger partial charge in [-0.2, -0.15) is 8.42 Å². The van der Waals surface area contributed by atoms with Crippen molar-refractivity contribution >= 4 is 21.7 Å². The summed E-state index contributed by atoms with van der Waals surface area (Å²) in [6.07, 6.45) is 3.70. The molecule has 0 aromatic carbocycles. The Kier molecular flexibility index (Phi) is 3.18. The number of hydrogen-bond acceptors (Lipinski definition) is 5. The number of hydrogen-bond donors (Lipinski definition) is 0. The Morgan fingerprint density at radius 3 is 2.46 bits per heavy atom. The van der Waals surface area contributed by atoms with Crippen molar-refractivity contribution in [1.82, 2.24) is 9.97 Å². The van der Waals surface area contributed by atoms with Gasteiger partial charge in [0.2, 0.25) is 0 Å². The van der Waals surface area contributed by atoms with E-state index < -0.39 is 10.1 Å². The smallest absolute Gasteiger partial charge is 0.262 e. The second kappa shape index (κ2) is 3.99. The molecule has 1 aromatic heterocycles. The lowest BCUT2D eigenvalue weighted by Crippen LogP contribution is -2.05. The fourth-order valence-electron chi connectivity index (χ4n) is 0.573. The first-order chi connectivity index (χ1) is 5.97. The molecule has 0 aliphatic heterocycles. The maximum absolute atomic E-state index is 10.6. The minimum absolute atomic E-state index is 0.171. The van der Waals surface area contributed by atoms with Crippen LogP contribution in [0.2, 0.25) is 5.02 Å². The largest absolute Gasteiger partial charge is 0.264 e. The van der Waals surface area contributed by atoms with E-state index in [9.17, 15) is 8.42 Å². The van der Waals surface area contributed by atoms with E-state index in [1.807, 2.05) is 0 Å². The first-order valence-electron chi connectivity index (χ1n) is 3.28. The van der Waals surface area contributed by atoms with E-state index in [2.05, 4.69) is 14.2 Å². The van der Waals surface area contributed by atoms with Gasteiger partial charge in [0.25, 0.3) is 10.1 Å². The van der Waals surface area contributed by atoms with Crippen molar-refractivity contribution in [2.75, 3.05) is 6.26 Å². The Hall–Kier alpha value is -0.720. The number of aromatic nitrogens is 2. The van der Waals surface area contributed by atoms with Crippen LogP contribution in [0.25, 0.3) is 0 Å². The molecular formula is C6H7ClN2O3S. The van der Waals surface area contributed by atoms with E-state index in [4.69, 9.17) is 11.6 Å². The van der Waals surface area contributed by atoms with Gasteiger partial charge in [-0.15, -0.1) is 0 Å². The quantitative estimate of drug-likeness (QED) is 0.701. The Bertz CT molecular complexity index is 375. The van der Waals surface area contributed by atoms with Crippen LogP contribution in [0, 0.1) is 0 Å². The molecule has 0 atom stereocenters. The first-order valence-corrected chi connectivity index (χ1v) is 5.47. The third-order valence-corrected chi connectivity index (χ3v) is 1.82. The van der Waals surface area contributed by atoms with E-state index in [0.29, 0.717) is 5.02 Å². The van der Waals surface area contributed by atoms with Crippen molar-refractivity contribution < 1.29 is 12.6 Å². The fraction of sp³-hybridized carbons (Fsp3) is 0.333. The molecule has 1 heterocycles. The summed E-state index contributed by atoms with van der Waals surface area (Å²) in [4.78, 5) is 7.50. The highest BCUT2D eigenvalue weighted by atomic mass is 35.5. The Morgan fingerprint density at radius 2 is 2.00 bits per heavy atom. The average molecular weight is 223 g/mol. The zero-order valence-corrected chi connectivity index (χ0v) is 8.34. The zero-order valence-electron chi connectivity index (χ0n) is 6.77. The molecule has 0 unspecified atom stereocenters. The van der Waals surface area contributed by atoms with E-state index in [-0.39, 0.29) is 12.4 Å². The fourth-order valence-corrected chi connectivity index (χ4v) is 0.990. The Morgan fingerprint density at radius 1 is 1.46 bits per heavy atom. The minimum Gasteiger partial charge on any atom is -0.262 e. The summed E-state index contributed by atoms with van der Waals surface area (Å²) in [6, 6.07) is 0. The van der Waals surface area contributed by atoms with E-state index in [0.717, 1.165) is 6.26 Å². The molecule has 0 saturated carbocycles. The van der Waals surface area contributed by atoms with Gasteiger partial charge in [-0.1, -0.05) is 11.6 Å². The standard InChI is InChI=1S/C6H7ClN2O3S/c1-13(10,11)12-4-6-8-2-5(7)3-9-6/h2-3H,4H2,1H3. The van der Waals surface area contributed by atoms with Crippen molar-refractivity contribution in [2.45, 2.75) is 6.61 Å². The minimum atomic E-state index is -3.45. The highest BCUT2D eigenvalue weighted by molar-refractivity contribution is 7.85. The van der Waals surface area contributed by atoms with Crippen LogP contribution in [0.15, 0.2) is 12.4 Å². The molecule has 0 fully saturated rings. The third kappa shape index (κ3) is 4.16. The molecule has 0 spiro atoms. The maximum atomic E-state index is 10.6. The maximum Gasteiger partial charge on any atom is 0.264 e. The first kappa shape index (κ1) is 10.4. The van der Waals surface area contributed by atoms with Gasteiger partial charge >= 0.3 is 0 Å². The van der Waals surface area contributed by atoms with Crippen LogP contribution in [-0.2, 0) is 20.9 Å². The van der Waals surface area contributed by atoms with Crippen LogP contribution in [0.5, 0.6) is 0 Å². The zero-order chi connectivity index (χ0) is 9.90. The van der Waals surface area contributed by atoms with E-state index in [1.165, 1.54) is 12.4 Å². The number of nitrogens with zero attached hydrogens (tertiary/aromatic N) is 2. The lowest BCUT2D eigenvalue weighted by molar-refractivity contribution is 0.302. The normalized spacial score (nSPS) is 11.5. The molecule has 72 valence electrons. The van der Waals surface area contributed by atoms with Gasteiger partial charge in [0.05, 0.1) is 11.3 Å². The topological polar surface area (TPSA) is 69.2 Å². The Labute approximate surface area is 80.9 Å². The predicted molar refractivity (Wildman–Crippen MR) is 46.7 cm³/mol. The molecule has 13 heavy (non-hydrogen) atoms. The summed E-state index contributed by atoms with van der Waals surface area (Å²) in [6.45, 7) is -0.171. The SMILES string of the molecule is CS(=O)(=O)OCc1ncc(Cl)cn1. The van der Waals surface area contributed by atoms with Crippen LogP contribution < -0.4 is 0 Å². The molecule has 1 rings (SSSR count). The van der Waals surface area contributed by atoms with Gasteiger partial charge in [0, 0.05) is 12.4 Å². The predicted octanol–water partition coefficient (Wildman–Crippen LogP) is 0.606. The van der Waals surface area contributed by atoms with Crippen LogP contribution >= 0.6 is 11.6 Å². The van der Waals surface area contributed by atoms with E-state index in [1.54, 1.807) is 0 Å². The van der Waals surface area contributed by atoms with Gasteiger partial charge in [-0.05, 0) is 0 Å². The molecule has 1 aromatic rings. The van der Waals surface area contributed by atoms with Crippen molar-refractivity contribution in [3.63, 3.8) is 0 Å². The number of halogens is 1. The Balaban J connectivity index is 2.61. The molecule has 0 radical (unpaired) electrons. The highest BCUT2D eigenvalue weighted by Crippen LogP contribution is 2.04. The van der Waals surface area contributed by atoms with Gasteiger partial charge in [0.1, 0.15) is 6.61 Å². The van der Waals surface area contributed by atoms with Crippen molar-refractivity contribution in [2.24, 2.45) is 0 Å². The van der Waals surface area contributed by atoms with Gasteiger partial charge < -0.3 is 0 Å². The van der Waals surface area contributed by atoms with Crippen LogP contribution in [0.1, 0.15) is 5.82 Å². The van der Waals surface area contributed by atoms with Crippen molar-refractivity contribution in [3.05, 3.63) is 23.2 Å². The van der Waals surface area contributed by atoms with Crippen molar-refractivity contribution in [1.29, 1.82) is 0 Å². The third-order valence-electron chi connectivity index (χ3n) is 1.08. The lowest BCUT2D eigenvalue weighted by atomic mass is 10.6. The second-order valence-corrected chi connectivity index (χ2v) is 4.36. The highest BCUT2D eigenvalue weighted by Gasteiger charge is 2.03. The summed E-state index contributed by atoms with van der Waals surface area (Å²) < 4.78 is 25.6. The summed E-state index contributed by atoms with van der Waals surface area (Å²) in [5, 5.41) is 0.392. The van der Waals surface area contributed by atoms with Gasteiger partial charge in [-0.3, -0.25) is 4.18 Å². The lowest BCUT2D eigenvalue weighted by Gasteiger charge is -1.98. The second-order valence-electron chi connectivity index (χ2n) is 2.28. The molecule has 5 nitrogen and oxygen atoms in total. The average Bonchev–Trinajstić information content (AvgIpc) is 2.02. The molecule has 0 amide bonds. The molecule has 0 bridgehead atoms. The summed E-state index contributed by atoms with van der Waals surface area (Å²) in [7, 11) is -3.45. The van der Waals surface area contributed by atoms with Gasteiger partial charge in [0.15, 0.2) is 5.82 Å². The molecule has 7 heteroatoms. The van der Waals surface area contributed by atoms with Crippen molar-refractivity contribution in [3.8, 4) is 0 Å². The molecular weight excluding hydrogens is 216 g/mol. The summed E-state index contributed by atoms with van der Waals surface area (Å²) in [5.41, 5.74) is 0. The summed E-state index contributed by atoms with van der Waals surface area (Å²) in [5.74, 6) is 0.273. The van der Waals surface area contributed by atoms with Crippen LogP contribution in [0.3, 0.4) is 0 Å². The van der Waals surface area contributed by atoms with Crippen LogP contribution in [0.4, 0.5) is 0 Å². The monoisotopic (exact) mass is 222 g/mol. The van der Waals surface area contributed by atoms with Crippen LogP contribution in [-0.4, -0.2) is 24.6 Å². The molecule has 0 N–H and O–H groups in total. The van der Waals surface area contributed by atoms with E-state index >= 15 is 0 Å². The molecule has 0 aliphatic carbocycles.